The predicted molar refractivity (Wildman–Crippen MR) is 78.7 cm³/mol. The number of anilines is 1. The van der Waals surface area contributed by atoms with Gasteiger partial charge in [-0.15, -0.1) is 0 Å². The molecule has 0 aliphatic heterocycles. The Kier molecular flexibility index (Phi) is 3.91. The minimum Gasteiger partial charge on any atom is -0.278 e. The number of sulfonamides is 1. The summed E-state index contributed by atoms with van der Waals surface area (Å²) in [6.07, 6.45) is 3.06. The molecule has 0 spiro atoms. The highest BCUT2D eigenvalue weighted by Crippen LogP contribution is 2.21. The van der Waals surface area contributed by atoms with E-state index in [0.717, 1.165) is 5.56 Å². The Bertz CT molecular complexity index is 714. The molecule has 1 N–H and O–H groups in total. The lowest BCUT2D eigenvalue weighted by Crippen LogP contribution is -2.14. The first-order chi connectivity index (χ1) is 8.88. The average Bonchev–Trinajstić information content (AvgIpc) is 2.31. The minimum atomic E-state index is -3.59. The lowest BCUT2D eigenvalue weighted by molar-refractivity contribution is 0.600. The summed E-state index contributed by atoms with van der Waals surface area (Å²) in [5, 5.41) is 0. The fraction of sp³-hybridized carbons (Fsp3) is 0.154. The zero-order valence-electron chi connectivity index (χ0n) is 10.5. The van der Waals surface area contributed by atoms with E-state index in [1.807, 2.05) is 13.0 Å². The maximum atomic E-state index is 12.3. The molecule has 0 aliphatic rings. The van der Waals surface area contributed by atoms with Crippen LogP contribution in [-0.2, 0) is 10.0 Å². The SMILES string of the molecule is Cc1ccc(C)c(S(=O)(=O)Nc2cncc(Br)c2)c1. The Balaban J connectivity index is 2.40. The van der Waals surface area contributed by atoms with Gasteiger partial charge in [0.15, 0.2) is 0 Å². The number of nitrogens with one attached hydrogen (secondary N) is 1. The van der Waals surface area contributed by atoms with Gasteiger partial charge in [0.2, 0.25) is 0 Å². The van der Waals surface area contributed by atoms with Crippen LogP contribution in [0.5, 0.6) is 0 Å². The van der Waals surface area contributed by atoms with Crippen LogP contribution in [0.3, 0.4) is 0 Å². The highest BCUT2D eigenvalue weighted by atomic mass is 79.9. The van der Waals surface area contributed by atoms with Gasteiger partial charge in [0, 0.05) is 10.7 Å². The third kappa shape index (κ3) is 3.33. The van der Waals surface area contributed by atoms with Crippen LogP contribution < -0.4 is 4.72 Å². The molecule has 2 rings (SSSR count). The van der Waals surface area contributed by atoms with Crippen molar-refractivity contribution in [2.75, 3.05) is 4.72 Å². The summed E-state index contributed by atoms with van der Waals surface area (Å²) in [7, 11) is -3.59. The van der Waals surface area contributed by atoms with Crippen molar-refractivity contribution in [1.82, 2.24) is 4.98 Å². The molecule has 0 fully saturated rings. The van der Waals surface area contributed by atoms with Gasteiger partial charge in [-0.25, -0.2) is 8.42 Å². The molecule has 0 saturated heterocycles. The zero-order chi connectivity index (χ0) is 14.0. The fourth-order valence-electron chi connectivity index (χ4n) is 1.67. The van der Waals surface area contributed by atoms with Crippen molar-refractivity contribution in [3.8, 4) is 0 Å². The summed E-state index contributed by atoms with van der Waals surface area (Å²) in [4.78, 5) is 4.21. The average molecular weight is 341 g/mol. The van der Waals surface area contributed by atoms with Gasteiger partial charge < -0.3 is 0 Å². The first kappa shape index (κ1) is 14.0. The monoisotopic (exact) mass is 340 g/mol. The maximum absolute atomic E-state index is 12.3. The van der Waals surface area contributed by atoms with Crippen molar-refractivity contribution in [2.45, 2.75) is 18.7 Å². The predicted octanol–water partition coefficient (Wildman–Crippen LogP) is 3.26. The minimum absolute atomic E-state index is 0.285. The molecule has 4 nitrogen and oxygen atoms in total. The first-order valence-corrected chi connectivity index (χ1v) is 7.87. The molecule has 6 heteroatoms. The summed E-state index contributed by atoms with van der Waals surface area (Å²) in [5.74, 6) is 0. The summed E-state index contributed by atoms with van der Waals surface area (Å²) >= 11 is 3.25. The summed E-state index contributed by atoms with van der Waals surface area (Å²) < 4.78 is 27.9. The molecule has 0 amide bonds. The first-order valence-electron chi connectivity index (χ1n) is 5.59. The van der Waals surface area contributed by atoms with E-state index in [4.69, 9.17) is 0 Å². The van der Waals surface area contributed by atoms with Crippen LogP contribution in [-0.4, -0.2) is 13.4 Å². The van der Waals surface area contributed by atoms with Crippen molar-refractivity contribution in [1.29, 1.82) is 0 Å². The Morgan fingerprint density at radius 3 is 2.58 bits per heavy atom. The summed E-state index contributed by atoms with van der Waals surface area (Å²) in [6.45, 7) is 3.63. The third-order valence-corrected chi connectivity index (χ3v) is 4.55. The largest absolute Gasteiger partial charge is 0.278 e. The highest BCUT2D eigenvalue weighted by Gasteiger charge is 2.17. The number of halogens is 1. The summed E-state index contributed by atoms with van der Waals surface area (Å²) in [6, 6.07) is 7.00. The van der Waals surface area contributed by atoms with Crippen molar-refractivity contribution >= 4 is 31.6 Å². The van der Waals surface area contributed by atoms with Crippen molar-refractivity contribution < 1.29 is 8.42 Å². The fourth-order valence-corrected chi connectivity index (χ4v) is 3.40. The maximum Gasteiger partial charge on any atom is 0.262 e. The smallest absolute Gasteiger partial charge is 0.262 e. The van der Waals surface area contributed by atoms with Crippen molar-refractivity contribution in [3.05, 3.63) is 52.3 Å². The molecule has 0 unspecified atom stereocenters. The molecular weight excluding hydrogens is 328 g/mol. The van der Waals surface area contributed by atoms with Gasteiger partial charge >= 0.3 is 0 Å². The molecule has 0 bridgehead atoms. The second-order valence-electron chi connectivity index (χ2n) is 4.27. The van der Waals surface area contributed by atoms with Crippen LogP contribution in [0.2, 0.25) is 0 Å². The van der Waals surface area contributed by atoms with Crippen LogP contribution in [0.4, 0.5) is 5.69 Å². The zero-order valence-corrected chi connectivity index (χ0v) is 12.9. The topological polar surface area (TPSA) is 59.1 Å². The van der Waals surface area contributed by atoms with Gasteiger partial charge in [-0.2, -0.15) is 0 Å². The lowest BCUT2D eigenvalue weighted by Gasteiger charge is -2.11. The Hall–Kier alpha value is -1.40. The molecule has 100 valence electrons. The van der Waals surface area contributed by atoms with E-state index in [1.54, 1.807) is 31.3 Å². The molecular formula is C13H13BrN2O2S. The third-order valence-electron chi connectivity index (χ3n) is 2.59. The summed E-state index contributed by atoms with van der Waals surface area (Å²) in [5.41, 5.74) is 2.04. The molecule has 0 atom stereocenters. The molecule has 1 aromatic carbocycles. The van der Waals surface area contributed by atoms with Crippen LogP contribution in [0.1, 0.15) is 11.1 Å². The number of aromatic nitrogens is 1. The van der Waals surface area contributed by atoms with E-state index < -0.39 is 10.0 Å². The van der Waals surface area contributed by atoms with Crippen molar-refractivity contribution in [3.63, 3.8) is 0 Å². The molecule has 1 aromatic heterocycles. The number of hydrogen-bond acceptors (Lipinski definition) is 3. The standard InChI is InChI=1S/C13H13BrN2O2S/c1-9-3-4-10(2)13(5-9)19(17,18)16-12-6-11(14)7-15-8-12/h3-8,16H,1-2H3. The van der Waals surface area contributed by atoms with Gasteiger partial charge in [0.05, 0.1) is 16.8 Å². The van der Waals surface area contributed by atoms with Crippen molar-refractivity contribution in [2.24, 2.45) is 0 Å². The van der Waals surface area contributed by atoms with Gasteiger partial charge in [-0.1, -0.05) is 12.1 Å². The van der Waals surface area contributed by atoms with Crippen LogP contribution >= 0.6 is 15.9 Å². The number of aryl methyl sites for hydroxylation is 2. The van der Waals surface area contributed by atoms with E-state index in [1.165, 1.54) is 6.20 Å². The molecule has 0 saturated carbocycles. The van der Waals surface area contributed by atoms with E-state index >= 15 is 0 Å². The Morgan fingerprint density at radius 1 is 1.16 bits per heavy atom. The van der Waals surface area contributed by atoms with Gasteiger partial charge in [0.25, 0.3) is 10.0 Å². The lowest BCUT2D eigenvalue weighted by atomic mass is 10.2. The number of pyridine rings is 1. The number of benzene rings is 1. The Morgan fingerprint density at radius 2 is 1.89 bits per heavy atom. The van der Waals surface area contributed by atoms with Gasteiger partial charge in [-0.05, 0) is 53.0 Å². The highest BCUT2D eigenvalue weighted by molar-refractivity contribution is 9.10. The van der Waals surface area contributed by atoms with Gasteiger partial charge in [-0.3, -0.25) is 9.71 Å². The normalized spacial score (nSPS) is 11.3. The van der Waals surface area contributed by atoms with Gasteiger partial charge in [0.1, 0.15) is 0 Å². The molecule has 19 heavy (non-hydrogen) atoms. The molecule has 2 aromatic rings. The second-order valence-corrected chi connectivity index (χ2v) is 6.83. The van der Waals surface area contributed by atoms with E-state index in [0.29, 0.717) is 15.7 Å². The van der Waals surface area contributed by atoms with E-state index in [9.17, 15) is 8.42 Å². The quantitative estimate of drug-likeness (QED) is 0.932. The van der Waals surface area contributed by atoms with E-state index in [2.05, 4.69) is 25.6 Å². The second kappa shape index (κ2) is 5.30. The Labute approximate surface area is 121 Å². The van der Waals surface area contributed by atoms with E-state index in [-0.39, 0.29) is 4.90 Å². The number of nitrogens with zero attached hydrogens (tertiary/aromatic N) is 1. The van der Waals surface area contributed by atoms with Crippen LogP contribution in [0, 0.1) is 13.8 Å². The molecule has 0 radical (unpaired) electrons. The van der Waals surface area contributed by atoms with Crippen LogP contribution in [0.15, 0.2) is 46.0 Å². The van der Waals surface area contributed by atoms with Crippen LogP contribution in [0.25, 0.3) is 0 Å². The molecule has 0 aliphatic carbocycles. The molecule has 1 heterocycles. The number of hydrogen-bond donors (Lipinski definition) is 1. The number of rotatable bonds is 3.